The average Bonchev–Trinajstić information content (AvgIpc) is 2.28. The van der Waals surface area contributed by atoms with Gasteiger partial charge in [0, 0.05) is 0 Å². The van der Waals surface area contributed by atoms with E-state index in [1.54, 1.807) is 0 Å². The summed E-state index contributed by atoms with van der Waals surface area (Å²) in [6.07, 6.45) is 1.12. The molecule has 0 aliphatic rings. The number of para-hydroxylation sites is 1. The van der Waals surface area contributed by atoms with Crippen molar-refractivity contribution in [2.24, 2.45) is 0 Å². The zero-order chi connectivity index (χ0) is 11.3. The predicted molar refractivity (Wildman–Crippen MR) is 62.2 cm³/mol. The molecule has 0 spiro atoms. The van der Waals surface area contributed by atoms with Gasteiger partial charge in [0.15, 0.2) is 0 Å². The van der Waals surface area contributed by atoms with Gasteiger partial charge in [-0.2, -0.15) is 0 Å². The Morgan fingerprint density at radius 1 is 1.27 bits per heavy atom. The van der Waals surface area contributed by atoms with Gasteiger partial charge in [-0.15, -0.1) is 0 Å². The van der Waals surface area contributed by atoms with Crippen LogP contribution in [-0.4, -0.2) is 17.3 Å². The van der Waals surface area contributed by atoms with Crippen LogP contribution in [0.15, 0.2) is 24.3 Å². The highest BCUT2D eigenvalue weighted by molar-refractivity contribution is 5.33. The van der Waals surface area contributed by atoms with E-state index in [2.05, 4.69) is 13.0 Å². The van der Waals surface area contributed by atoms with Crippen molar-refractivity contribution >= 4 is 0 Å². The van der Waals surface area contributed by atoms with E-state index < -0.39 is 6.10 Å². The molecule has 0 fully saturated rings. The minimum Gasteiger partial charge on any atom is -0.488 e. The lowest BCUT2D eigenvalue weighted by Gasteiger charge is -2.20. The summed E-state index contributed by atoms with van der Waals surface area (Å²) in [4.78, 5) is 0. The van der Waals surface area contributed by atoms with E-state index in [4.69, 9.17) is 4.74 Å². The molecule has 2 heteroatoms. The summed E-state index contributed by atoms with van der Waals surface area (Å²) >= 11 is 0. The van der Waals surface area contributed by atoms with E-state index in [0.717, 1.165) is 18.6 Å². The van der Waals surface area contributed by atoms with Gasteiger partial charge in [-0.25, -0.2) is 0 Å². The summed E-state index contributed by atoms with van der Waals surface area (Å²) in [7, 11) is 0. The van der Waals surface area contributed by atoms with Gasteiger partial charge in [0.2, 0.25) is 0 Å². The van der Waals surface area contributed by atoms with Gasteiger partial charge >= 0.3 is 0 Å². The van der Waals surface area contributed by atoms with E-state index in [9.17, 15) is 5.11 Å². The lowest BCUT2D eigenvalue weighted by atomic mass is 10.1. The van der Waals surface area contributed by atoms with Gasteiger partial charge in [-0.05, 0) is 31.4 Å². The van der Waals surface area contributed by atoms with Crippen molar-refractivity contribution in [3.05, 3.63) is 29.8 Å². The molecule has 2 unspecified atom stereocenters. The number of aryl methyl sites for hydroxylation is 1. The smallest absolute Gasteiger partial charge is 0.123 e. The fraction of sp³-hybridized carbons (Fsp3) is 0.538. The van der Waals surface area contributed by atoms with Crippen molar-refractivity contribution in [2.75, 3.05) is 0 Å². The molecule has 15 heavy (non-hydrogen) atoms. The SMILES string of the molecule is CCc1ccccc1OC(C)C(O)CC. The van der Waals surface area contributed by atoms with Crippen LogP contribution in [0.1, 0.15) is 32.8 Å². The van der Waals surface area contributed by atoms with Crippen LogP contribution in [0.3, 0.4) is 0 Å². The molecule has 1 N–H and O–H groups in total. The van der Waals surface area contributed by atoms with Crippen LogP contribution in [0, 0.1) is 0 Å². The molecule has 2 nitrogen and oxygen atoms in total. The van der Waals surface area contributed by atoms with Gasteiger partial charge in [0.05, 0.1) is 6.10 Å². The molecule has 1 rings (SSSR count). The number of hydrogen-bond acceptors (Lipinski definition) is 2. The molecule has 0 aromatic heterocycles. The van der Waals surface area contributed by atoms with Gasteiger partial charge in [0.1, 0.15) is 11.9 Å². The highest BCUT2D eigenvalue weighted by Gasteiger charge is 2.14. The molecule has 0 saturated carbocycles. The van der Waals surface area contributed by atoms with Crippen LogP contribution in [0.25, 0.3) is 0 Å². The van der Waals surface area contributed by atoms with Crippen LogP contribution in [0.5, 0.6) is 5.75 Å². The van der Waals surface area contributed by atoms with Crippen molar-refractivity contribution in [3.8, 4) is 5.75 Å². The second-order valence-corrected chi connectivity index (χ2v) is 3.76. The van der Waals surface area contributed by atoms with Crippen LogP contribution in [-0.2, 0) is 6.42 Å². The van der Waals surface area contributed by atoms with Gasteiger partial charge in [0.25, 0.3) is 0 Å². The zero-order valence-electron chi connectivity index (χ0n) is 9.73. The topological polar surface area (TPSA) is 29.5 Å². The molecule has 0 bridgehead atoms. The van der Waals surface area contributed by atoms with Crippen LogP contribution >= 0.6 is 0 Å². The van der Waals surface area contributed by atoms with Gasteiger partial charge in [-0.3, -0.25) is 0 Å². The Kier molecular flexibility index (Phi) is 4.63. The second kappa shape index (κ2) is 5.76. The zero-order valence-corrected chi connectivity index (χ0v) is 9.73. The minimum absolute atomic E-state index is 0.150. The molecule has 1 aromatic carbocycles. The summed E-state index contributed by atoms with van der Waals surface area (Å²) in [5.41, 5.74) is 1.19. The molecule has 0 saturated heterocycles. The highest BCUT2D eigenvalue weighted by Crippen LogP contribution is 2.20. The first-order valence-electron chi connectivity index (χ1n) is 5.61. The number of aliphatic hydroxyl groups is 1. The molecule has 84 valence electrons. The molecule has 0 aliphatic heterocycles. The molecule has 0 amide bonds. The van der Waals surface area contributed by atoms with E-state index in [0.29, 0.717) is 0 Å². The first kappa shape index (κ1) is 12.1. The summed E-state index contributed by atoms with van der Waals surface area (Å²) in [5, 5.41) is 9.63. The van der Waals surface area contributed by atoms with Crippen LogP contribution in [0.4, 0.5) is 0 Å². The van der Waals surface area contributed by atoms with E-state index in [-0.39, 0.29) is 6.10 Å². The lowest BCUT2D eigenvalue weighted by Crippen LogP contribution is -2.28. The molecular formula is C13H20O2. The number of aliphatic hydroxyl groups excluding tert-OH is 1. The summed E-state index contributed by atoms with van der Waals surface area (Å²) in [5.74, 6) is 0.889. The summed E-state index contributed by atoms with van der Waals surface area (Å²) < 4.78 is 5.74. The Morgan fingerprint density at radius 2 is 1.93 bits per heavy atom. The third kappa shape index (κ3) is 3.24. The Morgan fingerprint density at radius 3 is 2.53 bits per heavy atom. The maximum absolute atomic E-state index is 9.63. The normalized spacial score (nSPS) is 14.7. The molecule has 2 atom stereocenters. The molecule has 0 heterocycles. The van der Waals surface area contributed by atoms with Gasteiger partial charge in [-0.1, -0.05) is 32.0 Å². The van der Waals surface area contributed by atoms with E-state index >= 15 is 0 Å². The Hall–Kier alpha value is -1.02. The third-order valence-electron chi connectivity index (χ3n) is 2.63. The quantitative estimate of drug-likeness (QED) is 0.806. The van der Waals surface area contributed by atoms with Crippen molar-refractivity contribution in [1.82, 2.24) is 0 Å². The van der Waals surface area contributed by atoms with Crippen LogP contribution in [0.2, 0.25) is 0 Å². The number of rotatable bonds is 5. The molecule has 0 aliphatic carbocycles. The molecule has 0 radical (unpaired) electrons. The average molecular weight is 208 g/mol. The first-order valence-corrected chi connectivity index (χ1v) is 5.61. The van der Waals surface area contributed by atoms with Gasteiger partial charge < -0.3 is 9.84 Å². The maximum atomic E-state index is 9.63. The van der Waals surface area contributed by atoms with E-state index in [1.807, 2.05) is 32.0 Å². The van der Waals surface area contributed by atoms with Crippen molar-refractivity contribution < 1.29 is 9.84 Å². The summed E-state index contributed by atoms with van der Waals surface area (Å²) in [6.45, 7) is 5.96. The van der Waals surface area contributed by atoms with Crippen molar-refractivity contribution in [1.29, 1.82) is 0 Å². The number of ether oxygens (including phenoxy) is 1. The maximum Gasteiger partial charge on any atom is 0.123 e. The number of hydrogen-bond donors (Lipinski definition) is 1. The Bertz CT molecular complexity index is 296. The largest absolute Gasteiger partial charge is 0.488 e. The van der Waals surface area contributed by atoms with E-state index in [1.165, 1.54) is 5.56 Å². The molecule has 1 aromatic rings. The monoisotopic (exact) mass is 208 g/mol. The second-order valence-electron chi connectivity index (χ2n) is 3.76. The third-order valence-corrected chi connectivity index (χ3v) is 2.63. The predicted octanol–water partition coefficient (Wildman–Crippen LogP) is 2.79. The molecular weight excluding hydrogens is 188 g/mol. The lowest BCUT2D eigenvalue weighted by molar-refractivity contribution is 0.0446. The fourth-order valence-electron chi connectivity index (χ4n) is 1.52. The van der Waals surface area contributed by atoms with Crippen LogP contribution < -0.4 is 4.74 Å². The highest BCUT2D eigenvalue weighted by atomic mass is 16.5. The fourth-order valence-corrected chi connectivity index (χ4v) is 1.52. The summed E-state index contributed by atoms with van der Waals surface area (Å²) in [6, 6.07) is 7.98. The Balaban J connectivity index is 2.71. The van der Waals surface area contributed by atoms with Crippen molar-refractivity contribution in [2.45, 2.75) is 45.8 Å². The number of benzene rings is 1. The minimum atomic E-state index is -0.394. The Labute approximate surface area is 91.9 Å². The van der Waals surface area contributed by atoms with Crippen molar-refractivity contribution in [3.63, 3.8) is 0 Å². The standard InChI is InChI=1S/C13H20O2/c1-4-11-8-6-7-9-13(11)15-10(3)12(14)5-2/h6-10,12,14H,4-5H2,1-3H3. The first-order chi connectivity index (χ1) is 7.19.